The molecule has 1 fully saturated rings. The first kappa shape index (κ1) is 15.0. The summed E-state index contributed by atoms with van der Waals surface area (Å²) < 4.78 is 0. The van der Waals surface area contributed by atoms with Crippen molar-refractivity contribution in [2.45, 2.75) is 82.3 Å². The van der Waals surface area contributed by atoms with Crippen LogP contribution in [0, 0.1) is 0 Å². The van der Waals surface area contributed by atoms with E-state index in [0.717, 1.165) is 0 Å². The van der Waals surface area contributed by atoms with E-state index in [0.29, 0.717) is 0 Å². The zero-order valence-corrected chi connectivity index (χ0v) is 15.0. The van der Waals surface area contributed by atoms with E-state index < -0.39 is 14.8 Å². The van der Waals surface area contributed by atoms with Crippen molar-refractivity contribution in [1.29, 1.82) is 0 Å². The van der Waals surface area contributed by atoms with Crippen LogP contribution in [-0.4, -0.2) is 14.8 Å². The van der Waals surface area contributed by atoms with Gasteiger partial charge in [0.2, 0.25) is 0 Å². The SMILES string of the molecule is CCC[Si]1(Br)CCC[Si](CCC)(CCC)C1. The number of halogens is 1. The maximum absolute atomic E-state index is 4.25. The predicted octanol–water partition coefficient (Wildman–Crippen LogP) is 5.95. The maximum Gasteiger partial charge on any atom is 0.127 e. The van der Waals surface area contributed by atoms with Crippen molar-refractivity contribution >= 4 is 30.1 Å². The van der Waals surface area contributed by atoms with Crippen molar-refractivity contribution < 1.29 is 0 Å². The fourth-order valence-corrected chi connectivity index (χ4v) is 26.3. The number of rotatable bonds is 6. The third kappa shape index (κ3) is 3.99. The van der Waals surface area contributed by atoms with Crippen LogP contribution in [0.3, 0.4) is 0 Å². The van der Waals surface area contributed by atoms with Gasteiger partial charge in [0.1, 0.15) is 6.69 Å². The van der Waals surface area contributed by atoms with E-state index >= 15 is 0 Å². The van der Waals surface area contributed by atoms with E-state index in [1.807, 2.05) is 0 Å². The molecule has 0 bridgehead atoms. The summed E-state index contributed by atoms with van der Waals surface area (Å²) in [6.45, 7) is 6.19. The molecule has 0 amide bonds. The average molecular weight is 321 g/mol. The van der Waals surface area contributed by atoms with Gasteiger partial charge < -0.3 is 0 Å². The molecule has 1 saturated heterocycles. The Labute approximate surface area is 112 Å². The molecule has 0 aromatic heterocycles. The molecule has 0 aromatic carbocycles. The van der Waals surface area contributed by atoms with E-state index in [1.165, 1.54) is 25.3 Å². The average Bonchev–Trinajstić information content (AvgIpc) is 2.18. The molecule has 0 spiro atoms. The Kier molecular flexibility index (Phi) is 6.31. The lowest BCUT2D eigenvalue weighted by molar-refractivity contribution is 0.884. The lowest BCUT2D eigenvalue weighted by Gasteiger charge is -2.43. The highest BCUT2D eigenvalue weighted by atomic mass is 79.9. The normalized spacial score (nSPS) is 29.2. The first-order valence-corrected chi connectivity index (χ1v) is 15.0. The first-order chi connectivity index (χ1) is 7.60. The minimum Gasteiger partial charge on any atom is -0.126 e. The smallest absolute Gasteiger partial charge is 0.126 e. The summed E-state index contributed by atoms with van der Waals surface area (Å²) in [5.74, 6) is 0. The Morgan fingerprint density at radius 3 is 1.94 bits per heavy atom. The fraction of sp³-hybridized carbons (Fsp3) is 1.00. The standard InChI is InChI=1S/C13H29BrSi2/c1-4-8-15(9-5-2)11-7-12-16(14,13-15)10-6-3/h4-13H2,1-3H3. The highest BCUT2D eigenvalue weighted by molar-refractivity contribution is 9.26. The Morgan fingerprint density at radius 2 is 1.44 bits per heavy atom. The van der Waals surface area contributed by atoms with Gasteiger partial charge in [0.05, 0.1) is 8.07 Å². The van der Waals surface area contributed by atoms with Crippen LogP contribution < -0.4 is 0 Å². The van der Waals surface area contributed by atoms with Crippen molar-refractivity contribution in [3.05, 3.63) is 0 Å². The molecule has 1 atom stereocenters. The lowest BCUT2D eigenvalue weighted by atomic mass is 10.5. The van der Waals surface area contributed by atoms with E-state index in [-0.39, 0.29) is 0 Å². The molecule has 3 heteroatoms. The second-order valence-corrected chi connectivity index (χ2v) is 20.2. The molecule has 1 heterocycles. The number of hydrogen-bond donors (Lipinski definition) is 0. The topological polar surface area (TPSA) is 0 Å². The van der Waals surface area contributed by atoms with Crippen molar-refractivity contribution in [2.24, 2.45) is 0 Å². The summed E-state index contributed by atoms with van der Waals surface area (Å²) in [6, 6.07) is 7.99. The van der Waals surface area contributed by atoms with E-state index in [4.69, 9.17) is 0 Å². The van der Waals surface area contributed by atoms with Crippen molar-refractivity contribution in [3.8, 4) is 0 Å². The summed E-state index contributed by atoms with van der Waals surface area (Å²) in [7, 11) is -0.840. The van der Waals surface area contributed by atoms with Crippen molar-refractivity contribution in [2.75, 3.05) is 0 Å². The third-order valence-corrected chi connectivity index (χ3v) is 21.9. The minimum atomic E-state index is -0.972. The van der Waals surface area contributed by atoms with E-state index in [1.54, 1.807) is 36.3 Å². The van der Waals surface area contributed by atoms with Gasteiger partial charge in [0.25, 0.3) is 0 Å². The highest BCUT2D eigenvalue weighted by Gasteiger charge is 2.44. The summed E-state index contributed by atoms with van der Waals surface area (Å²) >= 11 is 4.25. The number of hydrogen-bond acceptors (Lipinski definition) is 0. The molecule has 1 aliphatic rings. The van der Waals surface area contributed by atoms with Crippen LogP contribution in [0.4, 0.5) is 0 Å². The zero-order valence-electron chi connectivity index (χ0n) is 11.4. The quantitative estimate of drug-likeness (QED) is 0.419. The van der Waals surface area contributed by atoms with Crippen molar-refractivity contribution in [3.63, 3.8) is 0 Å². The van der Waals surface area contributed by atoms with Gasteiger partial charge in [0, 0.05) is 0 Å². The molecular weight excluding hydrogens is 292 g/mol. The predicted molar refractivity (Wildman–Crippen MR) is 84.8 cm³/mol. The molecule has 1 aliphatic heterocycles. The molecule has 96 valence electrons. The van der Waals surface area contributed by atoms with Gasteiger partial charge in [-0.25, -0.2) is 0 Å². The zero-order chi connectivity index (χ0) is 12.1. The van der Waals surface area contributed by atoms with Crippen LogP contribution in [-0.2, 0) is 0 Å². The molecular formula is C13H29BrSi2. The largest absolute Gasteiger partial charge is 0.127 e. The third-order valence-electron chi connectivity index (χ3n) is 4.28. The monoisotopic (exact) mass is 320 g/mol. The van der Waals surface area contributed by atoms with Gasteiger partial charge in [0.15, 0.2) is 0 Å². The molecule has 1 unspecified atom stereocenters. The summed E-state index contributed by atoms with van der Waals surface area (Å²) in [5, 5.41) is 0. The van der Waals surface area contributed by atoms with E-state index in [9.17, 15) is 0 Å². The Morgan fingerprint density at radius 1 is 0.875 bits per heavy atom. The van der Waals surface area contributed by atoms with Gasteiger partial charge in [-0.15, -0.1) is 15.3 Å². The maximum atomic E-state index is 4.25. The van der Waals surface area contributed by atoms with Gasteiger partial charge in [-0.3, -0.25) is 0 Å². The molecule has 0 N–H and O–H groups in total. The molecule has 0 aromatic rings. The molecule has 0 aliphatic carbocycles. The molecule has 0 radical (unpaired) electrons. The highest BCUT2D eigenvalue weighted by Crippen LogP contribution is 2.46. The van der Waals surface area contributed by atoms with Crippen LogP contribution in [0.25, 0.3) is 0 Å². The molecule has 1 rings (SSSR count). The van der Waals surface area contributed by atoms with Crippen LogP contribution in [0.15, 0.2) is 0 Å². The summed E-state index contributed by atoms with van der Waals surface area (Å²) in [5.41, 5.74) is 1.70. The van der Waals surface area contributed by atoms with Gasteiger partial charge >= 0.3 is 0 Å². The van der Waals surface area contributed by atoms with Crippen LogP contribution in [0.5, 0.6) is 0 Å². The summed E-state index contributed by atoms with van der Waals surface area (Å²) in [6.07, 6.45) is 5.84. The Bertz CT molecular complexity index is 193. The minimum absolute atomic E-state index is 0.840. The van der Waals surface area contributed by atoms with Crippen LogP contribution >= 0.6 is 15.3 Å². The van der Waals surface area contributed by atoms with Crippen LogP contribution in [0.1, 0.15) is 46.5 Å². The van der Waals surface area contributed by atoms with E-state index in [2.05, 4.69) is 36.1 Å². The van der Waals surface area contributed by atoms with Gasteiger partial charge in [-0.2, -0.15) is 0 Å². The second-order valence-electron chi connectivity index (χ2n) is 5.93. The molecule has 0 nitrogen and oxygen atoms in total. The lowest BCUT2D eigenvalue weighted by Crippen LogP contribution is -2.47. The van der Waals surface area contributed by atoms with Crippen molar-refractivity contribution in [1.82, 2.24) is 0 Å². The van der Waals surface area contributed by atoms with Crippen LogP contribution in [0.2, 0.25) is 35.9 Å². The van der Waals surface area contributed by atoms with Gasteiger partial charge in [-0.1, -0.05) is 70.3 Å². The molecule has 0 saturated carbocycles. The Balaban J connectivity index is 2.69. The second kappa shape index (κ2) is 6.74. The first-order valence-electron chi connectivity index (χ1n) is 7.29. The fourth-order valence-electron chi connectivity index (χ4n) is 3.90. The Hall–Kier alpha value is 0.914. The summed E-state index contributed by atoms with van der Waals surface area (Å²) in [4.78, 5) is 0. The molecule has 16 heavy (non-hydrogen) atoms. The van der Waals surface area contributed by atoms with Gasteiger partial charge in [-0.05, 0) is 12.1 Å².